The van der Waals surface area contributed by atoms with Gasteiger partial charge in [0.2, 0.25) is 5.95 Å². The average molecular weight is 370 g/mol. The molecule has 0 fully saturated rings. The average Bonchev–Trinajstić information content (AvgIpc) is 2.73. The molecule has 2 N–H and O–H groups in total. The molecule has 28 heavy (non-hydrogen) atoms. The molecule has 4 rings (SSSR count). The third kappa shape index (κ3) is 3.88. The van der Waals surface area contributed by atoms with Crippen LogP contribution in [0.2, 0.25) is 0 Å². The van der Waals surface area contributed by atoms with Crippen molar-refractivity contribution in [3.63, 3.8) is 0 Å². The van der Waals surface area contributed by atoms with Crippen molar-refractivity contribution >= 4 is 28.4 Å². The Morgan fingerprint density at radius 2 is 1.68 bits per heavy atom. The zero-order chi connectivity index (χ0) is 19.3. The minimum atomic E-state index is 0.526. The number of rotatable bonds is 6. The summed E-state index contributed by atoms with van der Waals surface area (Å²) in [7, 11) is 1.66. The van der Waals surface area contributed by atoms with Gasteiger partial charge in [-0.3, -0.25) is 0 Å². The number of aryl methyl sites for hydroxylation is 1. The van der Waals surface area contributed by atoms with Gasteiger partial charge in [0.15, 0.2) is 0 Å². The molecule has 0 atom stereocenters. The number of methoxy groups -OCH3 is 1. The summed E-state index contributed by atoms with van der Waals surface area (Å²) in [5.41, 5.74) is 4.04. The zero-order valence-corrected chi connectivity index (χ0v) is 15.9. The van der Waals surface area contributed by atoms with E-state index in [-0.39, 0.29) is 0 Å². The highest BCUT2D eigenvalue weighted by molar-refractivity contribution is 5.90. The standard InChI is InChI=1S/C23H22N4O/c1-16-12-13-21(28-2)20(14-16)26-23-25-19-11-7-6-10-18(19)22(27-23)24-15-17-8-4-3-5-9-17/h3-14H,15H2,1-2H3,(H2,24,25,26,27). The molecule has 0 bridgehead atoms. The van der Waals surface area contributed by atoms with E-state index in [2.05, 4.69) is 27.8 Å². The summed E-state index contributed by atoms with van der Waals surface area (Å²) in [5.74, 6) is 2.07. The molecule has 0 unspecified atom stereocenters. The first kappa shape index (κ1) is 17.8. The quantitative estimate of drug-likeness (QED) is 0.482. The maximum Gasteiger partial charge on any atom is 0.229 e. The van der Waals surface area contributed by atoms with E-state index < -0.39 is 0 Å². The maximum absolute atomic E-state index is 5.46. The summed E-state index contributed by atoms with van der Waals surface area (Å²) in [6, 6.07) is 24.2. The number of hydrogen-bond acceptors (Lipinski definition) is 5. The molecule has 0 radical (unpaired) electrons. The molecule has 0 aliphatic heterocycles. The number of ether oxygens (including phenoxy) is 1. The second-order valence-electron chi connectivity index (χ2n) is 6.58. The van der Waals surface area contributed by atoms with Crippen molar-refractivity contribution in [2.24, 2.45) is 0 Å². The Balaban J connectivity index is 1.69. The van der Waals surface area contributed by atoms with Gasteiger partial charge in [-0.15, -0.1) is 0 Å². The molecule has 5 heteroatoms. The highest BCUT2D eigenvalue weighted by Gasteiger charge is 2.10. The molecule has 4 aromatic rings. The van der Waals surface area contributed by atoms with Crippen LogP contribution in [0.5, 0.6) is 5.75 Å². The van der Waals surface area contributed by atoms with Gasteiger partial charge >= 0.3 is 0 Å². The fraction of sp³-hybridized carbons (Fsp3) is 0.130. The SMILES string of the molecule is COc1ccc(C)cc1Nc1nc(NCc2ccccc2)c2ccccc2n1. The number of nitrogens with zero attached hydrogens (tertiary/aromatic N) is 2. The van der Waals surface area contributed by atoms with E-state index in [9.17, 15) is 0 Å². The van der Waals surface area contributed by atoms with Crippen molar-refractivity contribution in [3.05, 3.63) is 83.9 Å². The van der Waals surface area contributed by atoms with Crippen molar-refractivity contribution in [3.8, 4) is 5.75 Å². The third-order valence-corrected chi connectivity index (χ3v) is 4.51. The number of hydrogen-bond donors (Lipinski definition) is 2. The molecule has 0 saturated heterocycles. The molecular formula is C23H22N4O. The van der Waals surface area contributed by atoms with Crippen molar-refractivity contribution < 1.29 is 4.74 Å². The monoisotopic (exact) mass is 370 g/mol. The van der Waals surface area contributed by atoms with Gasteiger partial charge in [0, 0.05) is 11.9 Å². The van der Waals surface area contributed by atoms with Crippen LogP contribution in [0.4, 0.5) is 17.5 Å². The highest BCUT2D eigenvalue weighted by Crippen LogP contribution is 2.29. The van der Waals surface area contributed by atoms with Gasteiger partial charge in [0.25, 0.3) is 0 Å². The first-order valence-electron chi connectivity index (χ1n) is 9.19. The number of aromatic nitrogens is 2. The predicted molar refractivity (Wildman–Crippen MR) is 114 cm³/mol. The van der Waals surface area contributed by atoms with Crippen LogP contribution in [0.25, 0.3) is 10.9 Å². The molecule has 1 heterocycles. The fourth-order valence-corrected chi connectivity index (χ4v) is 3.09. The van der Waals surface area contributed by atoms with E-state index in [1.807, 2.05) is 67.6 Å². The first-order chi connectivity index (χ1) is 13.7. The minimum absolute atomic E-state index is 0.526. The van der Waals surface area contributed by atoms with Gasteiger partial charge in [-0.1, -0.05) is 48.5 Å². The van der Waals surface area contributed by atoms with Crippen LogP contribution in [0, 0.1) is 6.92 Å². The summed E-state index contributed by atoms with van der Waals surface area (Å²) in [5, 5.41) is 7.74. The van der Waals surface area contributed by atoms with E-state index >= 15 is 0 Å². The second kappa shape index (κ2) is 7.96. The van der Waals surface area contributed by atoms with Gasteiger partial charge < -0.3 is 15.4 Å². The highest BCUT2D eigenvalue weighted by atomic mass is 16.5. The van der Waals surface area contributed by atoms with Crippen LogP contribution in [0.1, 0.15) is 11.1 Å². The Bertz CT molecular complexity index is 1100. The van der Waals surface area contributed by atoms with E-state index in [4.69, 9.17) is 9.72 Å². The van der Waals surface area contributed by atoms with E-state index in [0.29, 0.717) is 12.5 Å². The number of fused-ring (bicyclic) bond motifs is 1. The Hall–Kier alpha value is -3.60. The Kier molecular flexibility index (Phi) is 5.06. The van der Waals surface area contributed by atoms with Crippen LogP contribution < -0.4 is 15.4 Å². The molecule has 1 aromatic heterocycles. The van der Waals surface area contributed by atoms with Crippen LogP contribution >= 0.6 is 0 Å². The Morgan fingerprint density at radius 3 is 2.50 bits per heavy atom. The summed E-state index contributed by atoms with van der Waals surface area (Å²) in [6.45, 7) is 2.73. The number of anilines is 3. The lowest BCUT2D eigenvalue weighted by molar-refractivity contribution is 0.416. The summed E-state index contributed by atoms with van der Waals surface area (Å²) in [6.07, 6.45) is 0. The van der Waals surface area contributed by atoms with Crippen molar-refractivity contribution in [2.75, 3.05) is 17.7 Å². The number of para-hydroxylation sites is 1. The largest absolute Gasteiger partial charge is 0.495 e. The second-order valence-corrected chi connectivity index (χ2v) is 6.58. The van der Waals surface area contributed by atoms with Crippen molar-refractivity contribution in [1.82, 2.24) is 9.97 Å². The molecule has 140 valence electrons. The van der Waals surface area contributed by atoms with Crippen LogP contribution in [0.3, 0.4) is 0 Å². The molecule has 5 nitrogen and oxygen atoms in total. The van der Waals surface area contributed by atoms with E-state index in [1.54, 1.807) is 7.11 Å². The molecule has 0 aliphatic carbocycles. The molecule has 0 amide bonds. The van der Waals surface area contributed by atoms with Gasteiger partial charge in [-0.05, 0) is 42.3 Å². The lowest BCUT2D eigenvalue weighted by Gasteiger charge is -2.14. The third-order valence-electron chi connectivity index (χ3n) is 4.51. The lowest BCUT2D eigenvalue weighted by atomic mass is 10.2. The lowest BCUT2D eigenvalue weighted by Crippen LogP contribution is -2.06. The van der Waals surface area contributed by atoms with Crippen molar-refractivity contribution in [2.45, 2.75) is 13.5 Å². The van der Waals surface area contributed by atoms with Gasteiger partial charge in [0.05, 0.1) is 18.3 Å². The van der Waals surface area contributed by atoms with E-state index in [0.717, 1.165) is 33.7 Å². The Labute approximate surface area is 164 Å². The van der Waals surface area contributed by atoms with Gasteiger partial charge in [-0.25, -0.2) is 4.98 Å². The van der Waals surface area contributed by atoms with Crippen LogP contribution in [0.15, 0.2) is 72.8 Å². The topological polar surface area (TPSA) is 59.1 Å². The molecule has 0 spiro atoms. The normalized spacial score (nSPS) is 10.6. The smallest absolute Gasteiger partial charge is 0.229 e. The first-order valence-corrected chi connectivity index (χ1v) is 9.19. The molecular weight excluding hydrogens is 348 g/mol. The van der Waals surface area contributed by atoms with Crippen LogP contribution in [-0.2, 0) is 6.54 Å². The Morgan fingerprint density at radius 1 is 0.893 bits per heavy atom. The molecule has 0 aliphatic rings. The summed E-state index contributed by atoms with van der Waals surface area (Å²) in [4.78, 5) is 9.40. The molecule has 3 aromatic carbocycles. The number of nitrogens with one attached hydrogen (secondary N) is 2. The summed E-state index contributed by atoms with van der Waals surface area (Å²) < 4.78 is 5.46. The molecule has 0 saturated carbocycles. The van der Waals surface area contributed by atoms with Crippen LogP contribution in [-0.4, -0.2) is 17.1 Å². The van der Waals surface area contributed by atoms with Gasteiger partial charge in [0.1, 0.15) is 11.6 Å². The van der Waals surface area contributed by atoms with Gasteiger partial charge in [-0.2, -0.15) is 4.98 Å². The number of benzene rings is 3. The fourth-order valence-electron chi connectivity index (χ4n) is 3.09. The maximum atomic E-state index is 5.46. The van der Waals surface area contributed by atoms with Crippen molar-refractivity contribution in [1.29, 1.82) is 0 Å². The predicted octanol–water partition coefficient (Wildman–Crippen LogP) is 5.30. The zero-order valence-electron chi connectivity index (χ0n) is 15.9. The minimum Gasteiger partial charge on any atom is -0.495 e. The summed E-state index contributed by atoms with van der Waals surface area (Å²) >= 11 is 0. The van der Waals surface area contributed by atoms with E-state index in [1.165, 1.54) is 5.56 Å².